The first-order valence-electron chi connectivity index (χ1n) is 4.41. The number of rotatable bonds is 2. The number of halogens is 3. The maximum absolute atomic E-state index is 12.0. The minimum Gasteiger partial charge on any atom is -0.508 e. The lowest BCUT2D eigenvalue weighted by atomic mass is 10.2. The molecule has 6 heteroatoms. The van der Waals surface area contributed by atoms with E-state index in [2.05, 4.69) is 0 Å². The molecule has 0 aromatic heterocycles. The number of carbonyl (C=O) groups is 1. The summed E-state index contributed by atoms with van der Waals surface area (Å²) >= 11 is 0. The van der Waals surface area contributed by atoms with E-state index in [1.54, 1.807) is 0 Å². The molecule has 1 N–H and O–H groups in total. The lowest BCUT2D eigenvalue weighted by Crippen LogP contribution is -2.35. The van der Waals surface area contributed by atoms with E-state index < -0.39 is 18.6 Å². The van der Waals surface area contributed by atoms with Crippen LogP contribution in [0.3, 0.4) is 0 Å². The van der Waals surface area contributed by atoms with Crippen LogP contribution in [0, 0.1) is 0 Å². The number of hydrogen-bond acceptors (Lipinski definition) is 2. The van der Waals surface area contributed by atoms with Crippen LogP contribution in [0.25, 0.3) is 0 Å². The van der Waals surface area contributed by atoms with Gasteiger partial charge in [-0.3, -0.25) is 4.79 Å². The second kappa shape index (κ2) is 4.42. The number of carbonyl (C=O) groups excluding carboxylic acids is 1. The van der Waals surface area contributed by atoms with E-state index >= 15 is 0 Å². The smallest absolute Gasteiger partial charge is 0.406 e. The van der Waals surface area contributed by atoms with Crippen molar-refractivity contribution >= 4 is 5.91 Å². The quantitative estimate of drug-likeness (QED) is 0.849. The van der Waals surface area contributed by atoms with Crippen molar-refractivity contribution in [2.75, 3.05) is 13.6 Å². The molecule has 1 aromatic carbocycles. The van der Waals surface area contributed by atoms with E-state index in [1.165, 1.54) is 24.3 Å². The van der Waals surface area contributed by atoms with E-state index in [0.717, 1.165) is 7.05 Å². The predicted molar refractivity (Wildman–Crippen MR) is 51.1 cm³/mol. The first kappa shape index (κ1) is 12.4. The van der Waals surface area contributed by atoms with Gasteiger partial charge in [-0.25, -0.2) is 0 Å². The second-order valence-corrected chi connectivity index (χ2v) is 3.32. The van der Waals surface area contributed by atoms with Crippen LogP contribution in [0.1, 0.15) is 10.4 Å². The molecule has 0 unspecified atom stereocenters. The Morgan fingerprint density at radius 2 is 1.81 bits per heavy atom. The van der Waals surface area contributed by atoms with Gasteiger partial charge in [0, 0.05) is 12.6 Å². The maximum Gasteiger partial charge on any atom is 0.406 e. The zero-order valence-electron chi connectivity index (χ0n) is 8.45. The van der Waals surface area contributed by atoms with Crippen molar-refractivity contribution in [2.45, 2.75) is 6.18 Å². The van der Waals surface area contributed by atoms with Gasteiger partial charge in [0.15, 0.2) is 0 Å². The first-order valence-corrected chi connectivity index (χ1v) is 4.41. The summed E-state index contributed by atoms with van der Waals surface area (Å²) in [5.41, 5.74) is 0.101. The Labute approximate surface area is 90.1 Å². The molecular formula is C10H10F3NO2. The molecule has 0 fully saturated rings. The van der Waals surface area contributed by atoms with Crippen LogP contribution in [-0.4, -0.2) is 35.7 Å². The summed E-state index contributed by atoms with van der Waals surface area (Å²) in [6, 6.07) is 5.03. The average Bonchev–Trinajstić information content (AvgIpc) is 2.15. The minimum absolute atomic E-state index is 0.0463. The number of benzene rings is 1. The average molecular weight is 233 g/mol. The van der Waals surface area contributed by atoms with Gasteiger partial charge in [-0.2, -0.15) is 13.2 Å². The summed E-state index contributed by atoms with van der Waals surface area (Å²) in [5, 5.41) is 8.96. The highest BCUT2D eigenvalue weighted by Gasteiger charge is 2.31. The van der Waals surface area contributed by atoms with E-state index in [-0.39, 0.29) is 11.3 Å². The minimum atomic E-state index is -4.42. The summed E-state index contributed by atoms with van der Waals surface area (Å²) in [6.45, 7) is -1.30. The second-order valence-electron chi connectivity index (χ2n) is 3.32. The van der Waals surface area contributed by atoms with Crippen molar-refractivity contribution in [1.82, 2.24) is 4.90 Å². The summed E-state index contributed by atoms with van der Waals surface area (Å²) in [5.74, 6) is -0.785. The van der Waals surface area contributed by atoms with Crippen molar-refractivity contribution < 1.29 is 23.1 Å². The van der Waals surface area contributed by atoms with Gasteiger partial charge in [-0.05, 0) is 24.3 Å². The van der Waals surface area contributed by atoms with Crippen molar-refractivity contribution in [2.24, 2.45) is 0 Å². The monoisotopic (exact) mass is 233 g/mol. The third-order valence-electron chi connectivity index (χ3n) is 1.88. The van der Waals surface area contributed by atoms with Crippen LogP contribution >= 0.6 is 0 Å². The third kappa shape index (κ3) is 3.45. The lowest BCUT2D eigenvalue weighted by molar-refractivity contribution is -0.138. The topological polar surface area (TPSA) is 40.5 Å². The van der Waals surface area contributed by atoms with Crippen LogP contribution in [-0.2, 0) is 0 Å². The zero-order chi connectivity index (χ0) is 12.3. The number of alkyl halides is 3. The van der Waals surface area contributed by atoms with Crippen LogP contribution in [0.15, 0.2) is 24.3 Å². The molecule has 3 nitrogen and oxygen atoms in total. The Morgan fingerprint density at radius 3 is 2.25 bits per heavy atom. The number of aromatic hydroxyl groups is 1. The van der Waals surface area contributed by atoms with Crippen LogP contribution in [0.2, 0.25) is 0 Å². The summed E-state index contributed by atoms with van der Waals surface area (Å²) in [6.07, 6.45) is -4.42. The highest BCUT2D eigenvalue weighted by Crippen LogP contribution is 2.17. The fourth-order valence-electron chi connectivity index (χ4n) is 1.17. The van der Waals surface area contributed by atoms with Crippen LogP contribution in [0.5, 0.6) is 5.75 Å². The number of nitrogens with zero attached hydrogens (tertiary/aromatic N) is 1. The Hall–Kier alpha value is -1.72. The number of phenols is 1. The zero-order valence-corrected chi connectivity index (χ0v) is 8.45. The maximum atomic E-state index is 12.0. The number of phenolic OH excluding ortho intramolecular Hbond substituents is 1. The highest BCUT2D eigenvalue weighted by molar-refractivity contribution is 5.94. The van der Waals surface area contributed by atoms with E-state index in [0.29, 0.717) is 4.90 Å². The fourth-order valence-corrected chi connectivity index (χ4v) is 1.17. The summed E-state index contributed by atoms with van der Waals surface area (Å²) in [7, 11) is 1.07. The van der Waals surface area contributed by atoms with Gasteiger partial charge >= 0.3 is 6.18 Å². The molecule has 1 rings (SSSR count). The molecule has 88 valence electrons. The van der Waals surface area contributed by atoms with Gasteiger partial charge in [0.1, 0.15) is 12.3 Å². The summed E-state index contributed by atoms with van der Waals surface area (Å²) in [4.78, 5) is 12.1. The molecule has 0 bridgehead atoms. The number of hydrogen-bond donors (Lipinski definition) is 1. The Kier molecular flexibility index (Phi) is 3.41. The van der Waals surface area contributed by atoms with Gasteiger partial charge in [0.05, 0.1) is 0 Å². The molecule has 1 aromatic rings. The molecule has 0 atom stereocenters. The summed E-state index contributed by atoms with van der Waals surface area (Å²) < 4.78 is 36.0. The van der Waals surface area contributed by atoms with E-state index in [1.807, 2.05) is 0 Å². The molecule has 16 heavy (non-hydrogen) atoms. The molecule has 0 saturated carbocycles. The third-order valence-corrected chi connectivity index (χ3v) is 1.88. The van der Waals surface area contributed by atoms with Gasteiger partial charge in [0.2, 0.25) is 0 Å². The van der Waals surface area contributed by atoms with E-state index in [9.17, 15) is 18.0 Å². The molecule has 0 spiro atoms. The van der Waals surface area contributed by atoms with E-state index in [4.69, 9.17) is 5.11 Å². The normalized spacial score (nSPS) is 11.2. The Morgan fingerprint density at radius 1 is 1.31 bits per heavy atom. The Balaban J connectivity index is 2.74. The molecule has 0 aliphatic carbocycles. The SMILES string of the molecule is CN(CC(F)(F)F)C(=O)c1ccc(O)cc1. The number of amides is 1. The van der Waals surface area contributed by atoms with Crippen LogP contribution < -0.4 is 0 Å². The predicted octanol–water partition coefficient (Wildman–Crippen LogP) is 2.03. The molecule has 0 aliphatic rings. The van der Waals surface area contributed by atoms with Gasteiger partial charge in [-0.1, -0.05) is 0 Å². The fraction of sp³-hybridized carbons (Fsp3) is 0.300. The molecule has 0 heterocycles. The highest BCUT2D eigenvalue weighted by atomic mass is 19.4. The van der Waals surface area contributed by atoms with Crippen molar-refractivity contribution in [1.29, 1.82) is 0 Å². The van der Waals surface area contributed by atoms with Crippen molar-refractivity contribution in [3.05, 3.63) is 29.8 Å². The molecular weight excluding hydrogens is 223 g/mol. The van der Waals surface area contributed by atoms with Crippen LogP contribution in [0.4, 0.5) is 13.2 Å². The molecule has 0 aliphatic heterocycles. The Bertz CT molecular complexity index is 373. The van der Waals surface area contributed by atoms with Crippen molar-refractivity contribution in [3.8, 4) is 5.75 Å². The van der Waals surface area contributed by atoms with Gasteiger partial charge < -0.3 is 10.0 Å². The van der Waals surface area contributed by atoms with Gasteiger partial charge in [-0.15, -0.1) is 0 Å². The lowest BCUT2D eigenvalue weighted by Gasteiger charge is -2.18. The largest absolute Gasteiger partial charge is 0.508 e. The first-order chi connectivity index (χ1) is 7.29. The standard InChI is InChI=1S/C10H10F3NO2/c1-14(6-10(11,12)13)9(16)7-2-4-8(15)5-3-7/h2-5,15H,6H2,1H3. The molecule has 0 saturated heterocycles. The molecule has 0 radical (unpaired) electrons. The van der Waals surface area contributed by atoms with Gasteiger partial charge in [0.25, 0.3) is 5.91 Å². The molecule has 1 amide bonds. The van der Waals surface area contributed by atoms with Crippen molar-refractivity contribution in [3.63, 3.8) is 0 Å².